The molecule has 0 saturated heterocycles. The van der Waals surface area contributed by atoms with E-state index in [0.29, 0.717) is 11.6 Å². The van der Waals surface area contributed by atoms with E-state index in [0.717, 1.165) is 25.7 Å². The molecule has 3 rings (SSSR count). The SMILES string of the molecule is C[C@@H](NC(=O)c1nc(-c2cnccn2)[nH]c(=O)c1O)C1CCCCC1. The summed E-state index contributed by atoms with van der Waals surface area (Å²) in [6, 6.07) is -0.0479. The first-order valence-electron chi connectivity index (χ1n) is 8.47. The number of nitrogens with one attached hydrogen (secondary N) is 2. The summed E-state index contributed by atoms with van der Waals surface area (Å²) in [5, 5.41) is 12.8. The highest BCUT2D eigenvalue weighted by Crippen LogP contribution is 2.26. The van der Waals surface area contributed by atoms with Crippen molar-refractivity contribution in [3.05, 3.63) is 34.6 Å². The van der Waals surface area contributed by atoms with Crippen LogP contribution in [0.3, 0.4) is 0 Å². The third-order valence-corrected chi connectivity index (χ3v) is 4.63. The summed E-state index contributed by atoms with van der Waals surface area (Å²) in [4.78, 5) is 38.9. The van der Waals surface area contributed by atoms with Crippen LogP contribution in [0, 0.1) is 5.92 Å². The van der Waals surface area contributed by atoms with E-state index >= 15 is 0 Å². The molecule has 0 spiro atoms. The first-order valence-corrected chi connectivity index (χ1v) is 8.47. The van der Waals surface area contributed by atoms with Crippen molar-refractivity contribution in [2.24, 2.45) is 5.92 Å². The number of aromatic hydroxyl groups is 1. The maximum absolute atomic E-state index is 12.5. The Balaban J connectivity index is 1.84. The van der Waals surface area contributed by atoms with E-state index in [2.05, 4.69) is 25.3 Å². The van der Waals surface area contributed by atoms with E-state index in [1.54, 1.807) is 0 Å². The molecule has 0 aliphatic heterocycles. The minimum atomic E-state index is -0.786. The summed E-state index contributed by atoms with van der Waals surface area (Å²) >= 11 is 0. The largest absolute Gasteiger partial charge is 0.501 e. The Morgan fingerprint density at radius 1 is 1.32 bits per heavy atom. The van der Waals surface area contributed by atoms with Crippen molar-refractivity contribution in [3.63, 3.8) is 0 Å². The molecule has 2 aromatic heterocycles. The predicted octanol–water partition coefficient (Wildman–Crippen LogP) is 1.63. The molecule has 25 heavy (non-hydrogen) atoms. The van der Waals surface area contributed by atoms with Gasteiger partial charge in [-0.25, -0.2) is 9.97 Å². The molecule has 1 aliphatic rings. The van der Waals surface area contributed by atoms with Gasteiger partial charge in [0.15, 0.2) is 11.5 Å². The fraction of sp³-hybridized carbons (Fsp3) is 0.471. The summed E-state index contributed by atoms with van der Waals surface area (Å²) < 4.78 is 0. The number of hydrogen-bond donors (Lipinski definition) is 3. The second kappa shape index (κ2) is 7.42. The maximum atomic E-state index is 12.5. The molecular weight excluding hydrogens is 322 g/mol. The lowest BCUT2D eigenvalue weighted by atomic mass is 9.84. The summed E-state index contributed by atoms with van der Waals surface area (Å²) in [6.45, 7) is 1.95. The van der Waals surface area contributed by atoms with E-state index in [4.69, 9.17) is 0 Å². The van der Waals surface area contributed by atoms with Crippen molar-refractivity contribution in [2.75, 3.05) is 0 Å². The van der Waals surface area contributed by atoms with Gasteiger partial charge in [0, 0.05) is 18.4 Å². The lowest BCUT2D eigenvalue weighted by Crippen LogP contribution is -2.39. The smallest absolute Gasteiger partial charge is 0.294 e. The highest BCUT2D eigenvalue weighted by molar-refractivity contribution is 5.95. The molecule has 2 heterocycles. The molecule has 1 fully saturated rings. The number of carbonyl (C=O) groups is 1. The standard InChI is InChI=1S/C17H21N5O3/c1-10(11-5-3-2-4-6-11)20-16(24)13-14(23)17(25)22-15(21-13)12-9-18-7-8-19-12/h7-11,23H,2-6H2,1H3,(H,20,24)(H,21,22,25)/t10-/m1/s1. The second-order valence-corrected chi connectivity index (χ2v) is 6.36. The normalized spacial score (nSPS) is 16.4. The molecule has 3 N–H and O–H groups in total. The third-order valence-electron chi connectivity index (χ3n) is 4.63. The number of rotatable bonds is 4. The van der Waals surface area contributed by atoms with Crippen LogP contribution in [0.4, 0.5) is 0 Å². The van der Waals surface area contributed by atoms with E-state index in [9.17, 15) is 14.7 Å². The Hall–Kier alpha value is -2.77. The van der Waals surface area contributed by atoms with Gasteiger partial charge in [-0.15, -0.1) is 0 Å². The van der Waals surface area contributed by atoms with Gasteiger partial charge >= 0.3 is 0 Å². The minimum Gasteiger partial charge on any atom is -0.501 e. The van der Waals surface area contributed by atoms with Crippen molar-refractivity contribution in [1.29, 1.82) is 0 Å². The Morgan fingerprint density at radius 3 is 2.76 bits per heavy atom. The van der Waals surface area contributed by atoms with Crippen LogP contribution in [0.15, 0.2) is 23.4 Å². The van der Waals surface area contributed by atoms with Gasteiger partial charge < -0.3 is 15.4 Å². The van der Waals surface area contributed by atoms with Crippen molar-refractivity contribution in [2.45, 2.75) is 45.1 Å². The average molecular weight is 343 g/mol. The zero-order chi connectivity index (χ0) is 17.8. The van der Waals surface area contributed by atoms with Gasteiger partial charge in [0.05, 0.1) is 6.20 Å². The summed E-state index contributed by atoms with van der Waals surface area (Å²) in [7, 11) is 0. The third kappa shape index (κ3) is 3.84. The number of H-pyrrole nitrogens is 1. The van der Waals surface area contributed by atoms with Crippen LogP contribution in [-0.2, 0) is 0 Å². The van der Waals surface area contributed by atoms with Crippen LogP contribution < -0.4 is 10.9 Å². The van der Waals surface area contributed by atoms with Crippen molar-refractivity contribution in [1.82, 2.24) is 25.3 Å². The van der Waals surface area contributed by atoms with E-state index in [1.807, 2.05) is 6.92 Å². The Kier molecular flexibility index (Phi) is 5.06. The van der Waals surface area contributed by atoms with Crippen LogP contribution in [0.25, 0.3) is 11.5 Å². The molecule has 2 aromatic rings. The fourth-order valence-electron chi connectivity index (χ4n) is 3.20. The summed E-state index contributed by atoms with van der Waals surface area (Å²) in [5.41, 5.74) is -0.771. The molecule has 0 bridgehead atoms. The van der Waals surface area contributed by atoms with E-state index in [-0.39, 0.29) is 17.6 Å². The zero-order valence-corrected chi connectivity index (χ0v) is 14.0. The van der Waals surface area contributed by atoms with E-state index in [1.165, 1.54) is 25.0 Å². The molecule has 0 unspecified atom stereocenters. The van der Waals surface area contributed by atoms with Gasteiger partial charge in [-0.3, -0.25) is 14.6 Å². The van der Waals surface area contributed by atoms with Gasteiger partial charge in [0.1, 0.15) is 5.69 Å². The molecular formula is C17H21N5O3. The number of nitrogens with zero attached hydrogens (tertiary/aromatic N) is 3. The molecule has 8 nitrogen and oxygen atoms in total. The lowest BCUT2D eigenvalue weighted by Gasteiger charge is -2.28. The van der Waals surface area contributed by atoms with Gasteiger partial charge in [0.25, 0.3) is 11.5 Å². The Bertz CT molecular complexity index is 800. The number of amides is 1. The molecule has 132 valence electrons. The monoisotopic (exact) mass is 343 g/mol. The van der Waals surface area contributed by atoms with Crippen molar-refractivity contribution < 1.29 is 9.90 Å². The first kappa shape index (κ1) is 17.1. The molecule has 1 atom stereocenters. The summed E-state index contributed by atoms with van der Waals surface area (Å²) in [5.74, 6) is -0.763. The fourth-order valence-corrected chi connectivity index (χ4v) is 3.20. The maximum Gasteiger partial charge on any atom is 0.294 e. The number of hydrogen-bond acceptors (Lipinski definition) is 6. The molecule has 0 radical (unpaired) electrons. The predicted molar refractivity (Wildman–Crippen MR) is 91.1 cm³/mol. The average Bonchev–Trinajstić information content (AvgIpc) is 2.65. The molecule has 1 aliphatic carbocycles. The van der Waals surface area contributed by atoms with Gasteiger partial charge in [-0.2, -0.15) is 0 Å². The number of carbonyl (C=O) groups excluding carboxylic acids is 1. The lowest BCUT2D eigenvalue weighted by molar-refractivity contribution is 0.0911. The van der Waals surface area contributed by atoms with Crippen LogP contribution in [0.2, 0.25) is 0 Å². The first-order chi connectivity index (χ1) is 12.1. The quantitative estimate of drug-likeness (QED) is 0.776. The number of aromatic nitrogens is 4. The Morgan fingerprint density at radius 2 is 2.08 bits per heavy atom. The van der Waals surface area contributed by atoms with Crippen molar-refractivity contribution >= 4 is 5.91 Å². The minimum absolute atomic E-state index is 0.0479. The van der Waals surface area contributed by atoms with Crippen LogP contribution in [0.5, 0.6) is 5.75 Å². The van der Waals surface area contributed by atoms with Crippen LogP contribution in [-0.4, -0.2) is 37.0 Å². The number of aromatic amines is 1. The van der Waals surface area contributed by atoms with Gasteiger partial charge in [0.2, 0.25) is 5.75 Å². The molecule has 1 saturated carbocycles. The van der Waals surface area contributed by atoms with Gasteiger partial charge in [-0.1, -0.05) is 19.3 Å². The van der Waals surface area contributed by atoms with Crippen LogP contribution in [0.1, 0.15) is 49.5 Å². The van der Waals surface area contributed by atoms with Gasteiger partial charge in [-0.05, 0) is 25.7 Å². The van der Waals surface area contributed by atoms with E-state index < -0.39 is 17.2 Å². The highest BCUT2D eigenvalue weighted by atomic mass is 16.3. The molecule has 1 amide bonds. The summed E-state index contributed by atoms with van der Waals surface area (Å²) in [6.07, 6.45) is 10.1. The van der Waals surface area contributed by atoms with Crippen molar-refractivity contribution in [3.8, 4) is 17.3 Å². The zero-order valence-electron chi connectivity index (χ0n) is 14.0. The van der Waals surface area contributed by atoms with Crippen LogP contribution >= 0.6 is 0 Å². The molecule has 8 heteroatoms. The molecule has 0 aromatic carbocycles. The second-order valence-electron chi connectivity index (χ2n) is 6.36. The Labute approximate surface area is 144 Å². The topological polar surface area (TPSA) is 121 Å². The highest BCUT2D eigenvalue weighted by Gasteiger charge is 2.25.